The molecule has 0 unspecified atom stereocenters. The number of likely N-dealkylation sites (tertiary alicyclic amines) is 1. The zero-order valence-corrected chi connectivity index (χ0v) is 18.4. The van der Waals surface area contributed by atoms with Gasteiger partial charge in [-0.05, 0) is 66.9 Å². The summed E-state index contributed by atoms with van der Waals surface area (Å²) in [5.41, 5.74) is 1.69. The number of carbonyl (C=O) groups is 2. The van der Waals surface area contributed by atoms with E-state index in [1.165, 1.54) is 0 Å². The topological polar surface area (TPSA) is 61.4 Å². The number of hydrogen-bond donors (Lipinski definition) is 2. The maximum absolute atomic E-state index is 13.9. The summed E-state index contributed by atoms with van der Waals surface area (Å²) in [6, 6.07) is 16.6. The molecule has 33 heavy (non-hydrogen) atoms. The van der Waals surface area contributed by atoms with Gasteiger partial charge in [0.2, 0.25) is 0 Å². The van der Waals surface area contributed by atoms with Gasteiger partial charge in [0.1, 0.15) is 11.6 Å². The molecule has 1 fully saturated rings. The molecule has 1 atom stereocenters. The third kappa shape index (κ3) is 5.68. The molecule has 3 aromatic rings. The summed E-state index contributed by atoms with van der Waals surface area (Å²) in [7, 11) is 0. The van der Waals surface area contributed by atoms with Crippen LogP contribution < -0.4 is 10.6 Å². The highest BCUT2D eigenvalue weighted by Crippen LogP contribution is 2.28. The predicted octanol–water partition coefficient (Wildman–Crippen LogP) is 6.28. The fourth-order valence-corrected chi connectivity index (χ4v) is 4.02. The third-order valence-electron chi connectivity index (χ3n) is 5.60. The molecule has 2 N–H and O–H groups in total. The molecule has 0 aliphatic carbocycles. The minimum Gasteiger partial charge on any atom is -0.324 e. The molecule has 4 rings (SSSR count). The average molecular weight is 470 g/mol. The molecular weight excluding hydrogens is 448 g/mol. The Morgan fingerprint density at radius 1 is 0.970 bits per heavy atom. The van der Waals surface area contributed by atoms with E-state index in [0.29, 0.717) is 29.4 Å². The molecule has 8 heteroatoms. The van der Waals surface area contributed by atoms with E-state index in [1.807, 2.05) is 6.07 Å². The first-order chi connectivity index (χ1) is 15.9. The van der Waals surface area contributed by atoms with Crippen molar-refractivity contribution in [2.75, 3.05) is 23.7 Å². The van der Waals surface area contributed by atoms with E-state index in [9.17, 15) is 18.4 Å². The molecule has 3 amide bonds. The van der Waals surface area contributed by atoms with E-state index in [-0.39, 0.29) is 17.6 Å². The van der Waals surface area contributed by atoms with Gasteiger partial charge in [-0.25, -0.2) is 13.6 Å². The number of carbonyl (C=O) groups excluding carboxylic acids is 2. The molecule has 1 aliphatic rings. The van der Waals surface area contributed by atoms with Crippen molar-refractivity contribution in [3.8, 4) is 0 Å². The van der Waals surface area contributed by atoms with Crippen molar-refractivity contribution < 1.29 is 18.4 Å². The Morgan fingerprint density at radius 3 is 2.55 bits per heavy atom. The summed E-state index contributed by atoms with van der Waals surface area (Å²) in [4.78, 5) is 27.1. The first-order valence-electron chi connectivity index (χ1n) is 10.6. The molecule has 0 aromatic heterocycles. The normalized spacial score (nSPS) is 15.7. The van der Waals surface area contributed by atoms with Crippen molar-refractivity contribution in [2.45, 2.75) is 18.8 Å². The number of nitrogens with zero attached hydrogens (tertiary/aromatic N) is 1. The third-order valence-corrected chi connectivity index (χ3v) is 5.85. The van der Waals surface area contributed by atoms with E-state index in [2.05, 4.69) is 10.6 Å². The van der Waals surface area contributed by atoms with Crippen LogP contribution in [0.1, 0.15) is 34.7 Å². The Hall–Kier alpha value is -3.45. The van der Waals surface area contributed by atoms with Gasteiger partial charge in [0, 0.05) is 41.3 Å². The molecule has 1 saturated heterocycles. The molecule has 3 aromatic carbocycles. The minimum atomic E-state index is -0.712. The summed E-state index contributed by atoms with van der Waals surface area (Å²) < 4.78 is 27.3. The lowest BCUT2D eigenvalue weighted by Gasteiger charge is -2.33. The highest BCUT2D eigenvalue weighted by atomic mass is 35.5. The summed E-state index contributed by atoms with van der Waals surface area (Å²) in [5, 5.41) is 5.89. The van der Waals surface area contributed by atoms with Crippen molar-refractivity contribution in [1.82, 2.24) is 4.90 Å². The van der Waals surface area contributed by atoms with Gasteiger partial charge in [-0.2, -0.15) is 0 Å². The quantitative estimate of drug-likeness (QED) is 0.472. The van der Waals surface area contributed by atoms with Gasteiger partial charge in [-0.15, -0.1) is 0 Å². The summed E-state index contributed by atoms with van der Waals surface area (Å²) in [6.45, 7) is 1.14. The number of piperidine rings is 1. The highest BCUT2D eigenvalue weighted by molar-refractivity contribution is 6.30. The van der Waals surface area contributed by atoms with Crippen molar-refractivity contribution in [1.29, 1.82) is 0 Å². The zero-order valence-electron chi connectivity index (χ0n) is 17.7. The smallest absolute Gasteiger partial charge is 0.321 e. The number of urea groups is 1. The number of anilines is 2. The molecule has 1 aliphatic heterocycles. The SMILES string of the molecule is O=C(Nc1cc(F)ccc1F)c1cccc([C@H]2CCCN(C(=O)Nc3ccc(Cl)cc3)C2)c1. The first-order valence-corrected chi connectivity index (χ1v) is 10.9. The van der Waals surface area contributed by atoms with E-state index in [4.69, 9.17) is 11.6 Å². The van der Waals surface area contributed by atoms with E-state index in [1.54, 1.807) is 47.4 Å². The van der Waals surface area contributed by atoms with Crippen LogP contribution in [0.3, 0.4) is 0 Å². The van der Waals surface area contributed by atoms with Gasteiger partial charge < -0.3 is 15.5 Å². The summed E-state index contributed by atoms with van der Waals surface area (Å²) >= 11 is 5.89. The van der Waals surface area contributed by atoms with Gasteiger partial charge >= 0.3 is 6.03 Å². The lowest BCUT2D eigenvalue weighted by Crippen LogP contribution is -2.41. The van der Waals surface area contributed by atoms with Crippen LogP contribution in [0, 0.1) is 11.6 Å². The van der Waals surface area contributed by atoms with Crippen LogP contribution in [-0.4, -0.2) is 29.9 Å². The van der Waals surface area contributed by atoms with Gasteiger partial charge in [0.15, 0.2) is 0 Å². The summed E-state index contributed by atoms with van der Waals surface area (Å²) in [5.74, 6) is -1.84. The van der Waals surface area contributed by atoms with Gasteiger partial charge in [0.25, 0.3) is 5.91 Å². The number of nitrogens with one attached hydrogen (secondary N) is 2. The standard InChI is InChI=1S/C25H22ClF2N3O2/c26-19-6-9-21(10-7-19)29-25(33)31-12-2-5-18(15-31)16-3-1-4-17(13-16)24(32)30-23-14-20(27)8-11-22(23)28/h1,3-4,6-11,13-14,18H,2,5,12,15H2,(H,29,33)(H,30,32)/t18-/m0/s1. The predicted molar refractivity (Wildman–Crippen MR) is 125 cm³/mol. The molecule has 0 saturated carbocycles. The Morgan fingerprint density at radius 2 is 1.76 bits per heavy atom. The number of rotatable bonds is 4. The van der Waals surface area contributed by atoms with Crippen LogP contribution in [0.5, 0.6) is 0 Å². The highest BCUT2D eigenvalue weighted by Gasteiger charge is 2.25. The van der Waals surface area contributed by atoms with Gasteiger partial charge in [-0.1, -0.05) is 23.7 Å². The second kappa shape index (κ2) is 10.0. The number of benzene rings is 3. The second-order valence-corrected chi connectivity index (χ2v) is 8.36. The molecule has 170 valence electrons. The van der Waals surface area contributed by atoms with E-state index in [0.717, 1.165) is 36.6 Å². The van der Waals surface area contributed by atoms with Crippen LogP contribution in [-0.2, 0) is 0 Å². The number of halogens is 3. The number of amides is 3. The molecule has 1 heterocycles. The van der Waals surface area contributed by atoms with E-state index >= 15 is 0 Å². The van der Waals surface area contributed by atoms with Gasteiger partial charge in [-0.3, -0.25) is 4.79 Å². The van der Waals surface area contributed by atoms with Crippen LogP contribution in [0.4, 0.5) is 25.0 Å². The minimum absolute atomic E-state index is 0.0494. The Labute approximate surface area is 195 Å². The van der Waals surface area contributed by atoms with Crippen LogP contribution in [0.25, 0.3) is 0 Å². The first kappa shape index (κ1) is 22.7. The second-order valence-electron chi connectivity index (χ2n) is 7.93. The van der Waals surface area contributed by atoms with Crippen LogP contribution in [0.15, 0.2) is 66.7 Å². The zero-order chi connectivity index (χ0) is 23.4. The maximum atomic E-state index is 13.9. The van der Waals surface area contributed by atoms with Crippen molar-refractivity contribution >= 4 is 34.9 Å². The fraction of sp³-hybridized carbons (Fsp3) is 0.200. The Kier molecular flexibility index (Phi) is 6.89. The number of hydrogen-bond acceptors (Lipinski definition) is 2. The Balaban J connectivity index is 1.44. The lowest BCUT2D eigenvalue weighted by atomic mass is 9.89. The molecule has 5 nitrogen and oxygen atoms in total. The average Bonchev–Trinajstić information content (AvgIpc) is 2.83. The summed E-state index contributed by atoms with van der Waals surface area (Å²) in [6.07, 6.45) is 1.69. The maximum Gasteiger partial charge on any atom is 0.321 e. The monoisotopic (exact) mass is 469 g/mol. The van der Waals surface area contributed by atoms with Crippen molar-refractivity contribution in [2.24, 2.45) is 0 Å². The molecular formula is C25H22ClF2N3O2. The molecule has 0 bridgehead atoms. The van der Waals surface area contributed by atoms with Gasteiger partial charge in [0.05, 0.1) is 5.69 Å². The lowest BCUT2D eigenvalue weighted by molar-refractivity contribution is 0.102. The fourth-order valence-electron chi connectivity index (χ4n) is 3.89. The molecule has 0 radical (unpaired) electrons. The molecule has 0 spiro atoms. The van der Waals surface area contributed by atoms with E-state index < -0.39 is 17.5 Å². The van der Waals surface area contributed by atoms with Crippen molar-refractivity contribution in [3.05, 3.63) is 94.5 Å². The van der Waals surface area contributed by atoms with Crippen molar-refractivity contribution in [3.63, 3.8) is 0 Å². The largest absolute Gasteiger partial charge is 0.324 e. The Bertz CT molecular complexity index is 1170. The van der Waals surface area contributed by atoms with Crippen LogP contribution in [0.2, 0.25) is 5.02 Å². The van der Waals surface area contributed by atoms with Crippen LogP contribution >= 0.6 is 11.6 Å².